The van der Waals surface area contributed by atoms with Crippen molar-refractivity contribution in [3.8, 4) is 17.1 Å². The van der Waals surface area contributed by atoms with Crippen LogP contribution in [0.5, 0.6) is 0 Å². The molecule has 0 radical (unpaired) electrons. The number of para-hydroxylation sites is 1. The predicted molar refractivity (Wildman–Crippen MR) is 161 cm³/mol. The van der Waals surface area contributed by atoms with Crippen LogP contribution in [0, 0.1) is 6.92 Å². The van der Waals surface area contributed by atoms with E-state index in [-0.39, 0.29) is 11.7 Å². The number of amides is 1. The molecule has 1 amide bonds. The Hall–Kier alpha value is -4.76. The molecule has 6 aromatic rings. The van der Waals surface area contributed by atoms with Crippen molar-refractivity contribution in [2.24, 2.45) is 5.10 Å². The number of carbonyl (C=O) groups excluding carboxylic acids is 1. The zero-order valence-electron chi connectivity index (χ0n) is 22.2. The Balaban J connectivity index is 1.17. The maximum absolute atomic E-state index is 12.7. The number of aromatic nitrogens is 5. The Morgan fingerprint density at radius 2 is 1.73 bits per heavy atom. The van der Waals surface area contributed by atoms with Crippen LogP contribution < -0.4 is 5.43 Å². The van der Waals surface area contributed by atoms with E-state index >= 15 is 0 Å². The highest BCUT2D eigenvalue weighted by Crippen LogP contribution is 2.30. The van der Waals surface area contributed by atoms with E-state index < -0.39 is 0 Å². The summed E-state index contributed by atoms with van der Waals surface area (Å²) in [5.41, 5.74) is 8.93. The number of benzene rings is 3. The highest BCUT2D eigenvalue weighted by Gasteiger charge is 2.17. The summed E-state index contributed by atoms with van der Waals surface area (Å²) in [6, 6.07) is 26.5. The van der Waals surface area contributed by atoms with E-state index in [1.807, 2.05) is 54.0 Å². The van der Waals surface area contributed by atoms with Crippen LogP contribution in [0.1, 0.15) is 18.1 Å². The molecule has 198 valence electrons. The summed E-state index contributed by atoms with van der Waals surface area (Å²) in [6.45, 7) is 5.09. The van der Waals surface area contributed by atoms with Crippen LogP contribution >= 0.6 is 11.8 Å². The summed E-state index contributed by atoms with van der Waals surface area (Å²) < 4.78 is 4.26. The number of carbonyl (C=O) groups is 1. The van der Waals surface area contributed by atoms with Crippen LogP contribution in [-0.4, -0.2) is 42.2 Å². The number of hydrogen-bond acceptors (Lipinski definition) is 6. The second-order valence-corrected chi connectivity index (χ2v) is 10.3. The average Bonchev–Trinajstić information content (AvgIpc) is 3.56. The number of aryl methyl sites for hydroxylation is 2. The first kappa shape index (κ1) is 25.5. The Kier molecular flexibility index (Phi) is 7.11. The van der Waals surface area contributed by atoms with Gasteiger partial charge >= 0.3 is 0 Å². The molecule has 0 saturated heterocycles. The van der Waals surface area contributed by atoms with Gasteiger partial charge in [-0.2, -0.15) is 5.10 Å². The van der Waals surface area contributed by atoms with E-state index in [2.05, 4.69) is 73.6 Å². The molecule has 0 atom stereocenters. The molecule has 0 bridgehead atoms. The molecule has 9 heteroatoms. The largest absolute Gasteiger partial charge is 0.341 e. The fourth-order valence-corrected chi connectivity index (χ4v) is 5.56. The molecule has 3 heterocycles. The second-order valence-electron chi connectivity index (χ2n) is 9.33. The number of thioether (sulfide) groups is 1. The normalized spacial score (nSPS) is 11.6. The highest BCUT2D eigenvalue weighted by molar-refractivity contribution is 7.99. The summed E-state index contributed by atoms with van der Waals surface area (Å²) in [5, 5.41) is 16.0. The zero-order chi connectivity index (χ0) is 27.5. The van der Waals surface area contributed by atoms with Crippen LogP contribution in [0.25, 0.3) is 38.9 Å². The number of hydrogen-bond donors (Lipinski definition) is 1. The number of fused-ring (bicyclic) bond motifs is 3. The minimum absolute atomic E-state index is 0.140. The van der Waals surface area contributed by atoms with E-state index in [0.29, 0.717) is 11.0 Å². The molecule has 0 aliphatic rings. The highest BCUT2D eigenvalue weighted by atomic mass is 32.2. The number of hydrazone groups is 1. The van der Waals surface area contributed by atoms with Crippen LogP contribution in [0.2, 0.25) is 0 Å². The van der Waals surface area contributed by atoms with Gasteiger partial charge in [0.2, 0.25) is 0 Å². The molecule has 1 N–H and O–H groups in total. The summed E-state index contributed by atoms with van der Waals surface area (Å²) >= 11 is 1.31. The number of nitrogens with one attached hydrogen (secondary N) is 1. The average molecular weight is 546 g/mol. The Labute approximate surface area is 235 Å². The molecule has 0 spiro atoms. The summed E-state index contributed by atoms with van der Waals surface area (Å²) in [5.74, 6) is 0.599. The molecule has 3 aromatic heterocycles. The first-order valence-electron chi connectivity index (χ1n) is 13.0. The van der Waals surface area contributed by atoms with Crippen LogP contribution in [-0.2, 0) is 11.3 Å². The maximum atomic E-state index is 12.7. The number of pyridine rings is 1. The van der Waals surface area contributed by atoms with Gasteiger partial charge < -0.3 is 4.57 Å². The van der Waals surface area contributed by atoms with Gasteiger partial charge in [-0.05, 0) is 61.9 Å². The molecular formula is C31H27N7OS. The minimum atomic E-state index is -0.228. The van der Waals surface area contributed by atoms with Gasteiger partial charge in [-0.15, -0.1) is 10.2 Å². The minimum Gasteiger partial charge on any atom is -0.341 e. The molecule has 8 nitrogen and oxygen atoms in total. The van der Waals surface area contributed by atoms with Crippen molar-refractivity contribution < 1.29 is 4.79 Å². The van der Waals surface area contributed by atoms with Crippen molar-refractivity contribution >= 4 is 45.7 Å². The predicted octanol–water partition coefficient (Wildman–Crippen LogP) is 6.01. The van der Waals surface area contributed by atoms with Gasteiger partial charge in [-0.1, -0.05) is 53.7 Å². The third-order valence-corrected chi connectivity index (χ3v) is 7.64. The van der Waals surface area contributed by atoms with E-state index in [1.165, 1.54) is 33.6 Å². The quantitative estimate of drug-likeness (QED) is 0.144. The van der Waals surface area contributed by atoms with Gasteiger partial charge in [0.05, 0.1) is 12.0 Å². The fraction of sp³-hybridized carbons (Fsp3) is 0.129. The van der Waals surface area contributed by atoms with Gasteiger partial charge in [0.1, 0.15) is 0 Å². The second kappa shape index (κ2) is 11.2. The van der Waals surface area contributed by atoms with E-state index in [1.54, 1.807) is 18.6 Å². The van der Waals surface area contributed by atoms with Gasteiger partial charge in [0.25, 0.3) is 5.91 Å². The molecule has 0 saturated carbocycles. The van der Waals surface area contributed by atoms with Crippen molar-refractivity contribution in [3.63, 3.8) is 0 Å². The van der Waals surface area contributed by atoms with Crippen molar-refractivity contribution in [2.45, 2.75) is 25.5 Å². The Morgan fingerprint density at radius 1 is 0.950 bits per heavy atom. The van der Waals surface area contributed by atoms with Gasteiger partial charge in [0, 0.05) is 52.0 Å². The molecule has 0 aliphatic carbocycles. The molecular weight excluding hydrogens is 518 g/mol. The van der Waals surface area contributed by atoms with Crippen LogP contribution in [0.4, 0.5) is 0 Å². The Bertz CT molecular complexity index is 1840. The van der Waals surface area contributed by atoms with Gasteiger partial charge in [-0.3, -0.25) is 14.3 Å². The molecule has 0 aliphatic heterocycles. The topological polar surface area (TPSA) is 90.0 Å². The van der Waals surface area contributed by atoms with Crippen molar-refractivity contribution in [1.82, 2.24) is 29.7 Å². The molecule has 6 rings (SSSR count). The number of rotatable bonds is 8. The summed E-state index contributed by atoms with van der Waals surface area (Å²) in [4.78, 5) is 16.8. The van der Waals surface area contributed by atoms with Crippen molar-refractivity contribution in [1.29, 1.82) is 0 Å². The standard InChI is InChI=1S/C31H27N7OS/c1-3-37-27-7-5-4-6-25(27)26-18-22(10-13-28(26)37)19-33-34-29(39)20-40-31-36-35-30(23-14-16-32-17-15-23)38(31)24-11-8-21(2)9-12-24/h4-19H,3,20H2,1-2H3,(H,34,39). The third kappa shape index (κ3) is 4.99. The lowest BCUT2D eigenvalue weighted by Crippen LogP contribution is -2.20. The van der Waals surface area contributed by atoms with Crippen LogP contribution in [0.3, 0.4) is 0 Å². The Morgan fingerprint density at radius 3 is 2.52 bits per heavy atom. The van der Waals surface area contributed by atoms with Gasteiger partial charge in [-0.25, -0.2) is 5.43 Å². The fourth-order valence-electron chi connectivity index (χ4n) is 4.81. The first-order valence-corrected chi connectivity index (χ1v) is 14.0. The van der Waals surface area contributed by atoms with E-state index in [4.69, 9.17) is 0 Å². The van der Waals surface area contributed by atoms with Crippen molar-refractivity contribution in [3.05, 3.63) is 102 Å². The van der Waals surface area contributed by atoms with E-state index in [0.717, 1.165) is 28.9 Å². The lowest BCUT2D eigenvalue weighted by atomic mass is 10.1. The van der Waals surface area contributed by atoms with Crippen LogP contribution in [0.15, 0.2) is 102 Å². The number of nitrogens with zero attached hydrogens (tertiary/aromatic N) is 6. The lowest BCUT2D eigenvalue weighted by molar-refractivity contribution is -0.118. The first-order chi connectivity index (χ1) is 19.6. The summed E-state index contributed by atoms with van der Waals surface area (Å²) in [6.07, 6.45) is 5.12. The van der Waals surface area contributed by atoms with Crippen molar-refractivity contribution in [2.75, 3.05) is 5.75 Å². The summed E-state index contributed by atoms with van der Waals surface area (Å²) in [7, 11) is 0. The monoisotopic (exact) mass is 545 g/mol. The zero-order valence-corrected chi connectivity index (χ0v) is 23.0. The van der Waals surface area contributed by atoms with Gasteiger partial charge in [0.15, 0.2) is 11.0 Å². The third-order valence-electron chi connectivity index (χ3n) is 6.71. The smallest absolute Gasteiger partial charge is 0.250 e. The SMILES string of the molecule is CCn1c2ccccc2c2cc(C=NNC(=O)CSc3nnc(-c4ccncc4)n3-c3ccc(C)cc3)ccc21. The molecule has 0 fully saturated rings. The molecule has 3 aromatic carbocycles. The van der Waals surface area contributed by atoms with E-state index in [9.17, 15) is 4.79 Å². The molecule has 0 unspecified atom stereocenters. The maximum Gasteiger partial charge on any atom is 0.250 e. The molecule has 40 heavy (non-hydrogen) atoms. The lowest BCUT2D eigenvalue weighted by Gasteiger charge is -2.10.